The van der Waals surface area contributed by atoms with Gasteiger partial charge < -0.3 is 9.73 Å². The molecule has 1 amide bonds. The number of aryl methyl sites for hydroxylation is 1. The monoisotopic (exact) mass is 239 g/mol. The number of benzene rings is 1. The van der Waals surface area contributed by atoms with Crippen molar-refractivity contribution in [3.8, 4) is 12.3 Å². The summed E-state index contributed by atoms with van der Waals surface area (Å²) in [5.74, 6) is 3.02. The molecule has 0 fully saturated rings. The van der Waals surface area contributed by atoms with Crippen molar-refractivity contribution in [2.24, 2.45) is 0 Å². The summed E-state index contributed by atoms with van der Waals surface area (Å²) in [6.07, 6.45) is 7.51. The molecule has 1 aromatic heterocycles. The van der Waals surface area contributed by atoms with Crippen molar-refractivity contribution in [2.75, 3.05) is 5.32 Å². The number of hydrogen-bond donors (Lipinski definition) is 1. The largest absolute Gasteiger partial charge is 0.469 e. The van der Waals surface area contributed by atoms with E-state index >= 15 is 0 Å². The lowest BCUT2D eigenvalue weighted by atomic mass is 10.1. The van der Waals surface area contributed by atoms with Crippen LogP contribution in [0.25, 0.3) is 0 Å². The fourth-order valence-electron chi connectivity index (χ4n) is 1.70. The van der Waals surface area contributed by atoms with Crippen molar-refractivity contribution in [3.05, 3.63) is 53.5 Å². The maximum atomic E-state index is 12.0. The fraction of sp³-hybridized carbons (Fsp3) is 0.133. The third kappa shape index (κ3) is 2.44. The minimum atomic E-state index is -0.185. The number of nitrogens with one attached hydrogen (secondary N) is 1. The van der Waals surface area contributed by atoms with Crippen LogP contribution in [-0.4, -0.2) is 5.91 Å². The Hall–Kier alpha value is -2.47. The van der Waals surface area contributed by atoms with E-state index in [1.165, 1.54) is 6.26 Å². The number of terminal acetylenes is 1. The molecule has 1 aromatic carbocycles. The molecule has 0 bridgehead atoms. The fourth-order valence-corrected chi connectivity index (χ4v) is 1.70. The van der Waals surface area contributed by atoms with E-state index in [0.29, 0.717) is 23.4 Å². The lowest BCUT2D eigenvalue weighted by molar-refractivity contribution is 0.102. The first-order valence-corrected chi connectivity index (χ1v) is 5.69. The van der Waals surface area contributed by atoms with Crippen LogP contribution in [0, 0.1) is 12.3 Å². The Morgan fingerprint density at radius 1 is 1.44 bits per heavy atom. The van der Waals surface area contributed by atoms with E-state index in [-0.39, 0.29) is 5.91 Å². The molecule has 0 atom stereocenters. The van der Waals surface area contributed by atoms with Gasteiger partial charge in [-0.3, -0.25) is 4.79 Å². The second-order valence-corrected chi connectivity index (χ2v) is 3.79. The summed E-state index contributed by atoms with van der Waals surface area (Å²) in [7, 11) is 0. The third-order valence-corrected chi connectivity index (χ3v) is 2.60. The van der Waals surface area contributed by atoms with Crippen LogP contribution in [0.1, 0.15) is 28.6 Å². The highest BCUT2D eigenvalue weighted by Crippen LogP contribution is 2.15. The summed E-state index contributed by atoms with van der Waals surface area (Å²) in [6, 6.07) is 8.83. The summed E-state index contributed by atoms with van der Waals surface area (Å²) < 4.78 is 5.22. The molecule has 0 aliphatic heterocycles. The number of carbonyl (C=O) groups excluding carboxylic acids is 1. The Kier molecular flexibility index (Phi) is 3.49. The summed E-state index contributed by atoms with van der Waals surface area (Å²) in [4.78, 5) is 12.0. The summed E-state index contributed by atoms with van der Waals surface area (Å²) in [6.45, 7) is 1.94. The van der Waals surface area contributed by atoms with Crippen LogP contribution >= 0.6 is 0 Å². The quantitative estimate of drug-likeness (QED) is 0.836. The number of hydrogen-bond acceptors (Lipinski definition) is 2. The molecule has 3 nitrogen and oxygen atoms in total. The molecule has 3 heteroatoms. The van der Waals surface area contributed by atoms with E-state index in [1.54, 1.807) is 24.3 Å². The zero-order chi connectivity index (χ0) is 13.0. The van der Waals surface area contributed by atoms with Gasteiger partial charge in [-0.05, 0) is 24.3 Å². The molecule has 0 aliphatic rings. The van der Waals surface area contributed by atoms with Gasteiger partial charge in [0.2, 0.25) is 0 Å². The molecule has 0 aliphatic carbocycles. The Morgan fingerprint density at radius 3 is 3.00 bits per heavy atom. The van der Waals surface area contributed by atoms with Crippen molar-refractivity contribution >= 4 is 11.6 Å². The number of amides is 1. The number of rotatable bonds is 3. The van der Waals surface area contributed by atoms with E-state index in [1.807, 2.05) is 13.0 Å². The van der Waals surface area contributed by atoms with Crippen molar-refractivity contribution in [3.63, 3.8) is 0 Å². The first kappa shape index (κ1) is 12.0. The lowest BCUT2D eigenvalue weighted by Crippen LogP contribution is -2.12. The Balaban J connectivity index is 2.19. The van der Waals surface area contributed by atoms with Gasteiger partial charge in [-0.1, -0.05) is 18.9 Å². The molecular formula is C15H13NO2. The van der Waals surface area contributed by atoms with Crippen LogP contribution in [0.15, 0.2) is 41.0 Å². The molecule has 0 saturated carbocycles. The van der Waals surface area contributed by atoms with Gasteiger partial charge in [0.25, 0.3) is 5.91 Å². The van der Waals surface area contributed by atoms with E-state index in [2.05, 4.69) is 11.2 Å². The first-order valence-electron chi connectivity index (χ1n) is 5.69. The summed E-state index contributed by atoms with van der Waals surface area (Å²) in [5.41, 5.74) is 1.97. The van der Waals surface area contributed by atoms with Crippen molar-refractivity contribution < 1.29 is 9.21 Å². The summed E-state index contributed by atoms with van der Waals surface area (Å²) in [5, 5.41) is 2.80. The SMILES string of the molecule is C#Cc1cccc(NC(=O)c2ccoc2CC)c1. The molecule has 0 spiro atoms. The highest BCUT2D eigenvalue weighted by molar-refractivity contribution is 6.05. The molecule has 1 N–H and O–H groups in total. The average molecular weight is 239 g/mol. The van der Waals surface area contributed by atoms with Gasteiger partial charge in [-0.15, -0.1) is 6.42 Å². The van der Waals surface area contributed by atoms with Gasteiger partial charge in [0.05, 0.1) is 11.8 Å². The molecular weight excluding hydrogens is 226 g/mol. The summed E-state index contributed by atoms with van der Waals surface area (Å²) >= 11 is 0. The predicted molar refractivity (Wildman–Crippen MR) is 70.4 cm³/mol. The van der Waals surface area contributed by atoms with Crippen LogP contribution in [0.3, 0.4) is 0 Å². The molecule has 0 saturated heterocycles. The van der Waals surface area contributed by atoms with Crippen LogP contribution in [0.2, 0.25) is 0 Å². The lowest BCUT2D eigenvalue weighted by Gasteiger charge is -2.05. The molecule has 90 valence electrons. The van der Waals surface area contributed by atoms with Crippen LogP contribution in [0.4, 0.5) is 5.69 Å². The van der Waals surface area contributed by atoms with Crippen molar-refractivity contribution in [1.82, 2.24) is 0 Å². The maximum Gasteiger partial charge on any atom is 0.259 e. The molecule has 0 unspecified atom stereocenters. The van der Waals surface area contributed by atoms with Gasteiger partial charge in [0, 0.05) is 17.7 Å². The zero-order valence-electron chi connectivity index (χ0n) is 10.1. The van der Waals surface area contributed by atoms with E-state index < -0.39 is 0 Å². The van der Waals surface area contributed by atoms with Crippen molar-refractivity contribution in [2.45, 2.75) is 13.3 Å². The predicted octanol–water partition coefficient (Wildman–Crippen LogP) is 3.08. The first-order chi connectivity index (χ1) is 8.74. The molecule has 2 aromatic rings. The smallest absolute Gasteiger partial charge is 0.259 e. The average Bonchev–Trinajstić information content (AvgIpc) is 2.87. The van der Waals surface area contributed by atoms with Gasteiger partial charge >= 0.3 is 0 Å². The maximum absolute atomic E-state index is 12.0. The Labute approximate surface area is 106 Å². The van der Waals surface area contributed by atoms with Gasteiger partial charge in [0.1, 0.15) is 5.76 Å². The minimum absolute atomic E-state index is 0.185. The highest BCUT2D eigenvalue weighted by Gasteiger charge is 2.13. The number of anilines is 1. The molecule has 18 heavy (non-hydrogen) atoms. The number of carbonyl (C=O) groups is 1. The highest BCUT2D eigenvalue weighted by atomic mass is 16.3. The van der Waals surface area contributed by atoms with E-state index in [4.69, 9.17) is 10.8 Å². The zero-order valence-corrected chi connectivity index (χ0v) is 10.1. The molecule has 2 rings (SSSR count). The van der Waals surface area contributed by atoms with Crippen LogP contribution < -0.4 is 5.32 Å². The van der Waals surface area contributed by atoms with E-state index in [9.17, 15) is 4.79 Å². The van der Waals surface area contributed by atoms with Gasteiger partial charge in [-0.2, -0.15) is 0 Å². The van der Waals surface area contributed by atoms with Crippen LogP contribution in [0.5, 0.6) is 0 Å². The van der Waals surface area contributed by atoms with Gasteiger partial charge in [0.15, 0.2) is 0 Å². The normalized spacial score (nSPS) is 9.78. The third-order valence-electron chi connectivity index (χ3n) is 2.60. The van der Waals surface area contributed by atoms with E-state index in [0.717, 1.165) is 5.56 Å². The molecule has 0 radical (unpaired) electrons. The second kappa shape index (κ2) is 5.24. The van der Waals surface area contributed by atoms with Crippen LogP contribution in [-0.2, 0) is 6.42 Å². The minimum Gasteiger partial charge on any atom is -0.469 e. The molecule has 1 heterocycles. The standard InChI is InChI=1S/C15H13NO2/c1-3-11-6-5-7-12(10-11)16-15(17)13-8-9-18-14(13)4-2/h1,5-10H,4H2,2H3,(H,16,17). The topological polar surface area (TPSA) is 42.2 Å². The Morgan fingerprint density at radius 2 is 2.28 bits per heavy atom. The van der Waals surface area contributed by atoms with Gasteiger partial charge in [-0.25, -0.2) is 0 Å². The van der Waals surface area contributed by atoms with Crippen molar-refractivity contribution in [1.29, 1.82) is 0 Å². The second-order valence-electron chi connectivity index (χ2n) is 3.79. The Bertz CT molecular complexity index is 605. The number of furan rings is 1.